The monoisotopic (exact) mass is 280 g/mol. The molecule has 0 amide bonds. The van der Waals surface area contributed by atoms with Gasteiger partial charge in [-0.15, -0.1) is 25.3 Å². The first kappa shape index (κ1) is 13.2. The number of nitrogens with zero attached hydrogens (tertiary/aromatic N) is 1. The van der Waals surface area contributed by atoms with Crippen LogP contribution in [0.1, 0.15) is 12.2 Å². The van der Waals surface area contributed by atoms with Gasteiger partial charge in [-0.2, -0.15) is 0 Å². The number of fused-ring (bicyclic) bond motifs is 1. The predicted octanol–water partition coefficient (Wildman–Crippen LogP) is 2.02. The number of hydrogen-bond donors (Lipinski definition) is 3. The lowest BCUT2D eigenvalue weighted by atomic mass is 10.0. The fourth-order valence-corrected chi connectivity index (χ4v) is 2.20. The van der Waals surface area contributed by atoms with E-state index in [2.05, 4.69) is 35.2 Å². The summed E-state index contributed by atoms with van der Waals surface area (Å²) in [6, 6.07) is 7.60. The predicted molar refractivity (Wildman–Crippen MR) is 75.9 cm³/mol. The second-order valence-corrected chi connectivity index (χ2v) is 4.98. The van der Waals surface area contributed by atoms with Crippen LogP contribution in [-0.4, -0.2) is 20.2 Å². The van der Waals surface area contributed by atoms with Crippen LogP contribution in [0, 0.1) is 5.92 Å². The molecule has 0 spiro atoms. The van der Waals surface area contributed by atoms with Gasteiger partial charge in [0.05, 0.1) is 11.0 Å². The highest BCUT2D eigenvalue weighted by Gasteiger charge is 2.20. The quantitative estimate of drug-likeness (QED) is 0.734. The lowest BCUT2D eigenvalue weighted by molar-refractivity contribution is -0.118. The minimum Gasteiger partial charge on any atom is -0.342 e. The molecule has 2 rings (SSSR count). The third kappa shape index (κ3) is 3.14. The maximum atomic E-state index is 11.3. The Hall–Kier alpha value is -1.27. The minimum absolute atomic E-state index is 0.0719. The summed E-state index contributed by atoms with van der Waals surface area (Å²) in [5, 5.41) is -0.642. The molecule has 6 heteroatoms. The van der Waals surface area contributed by atoms with E-state index < -0.39 is 5.92 Å². The van der Waals surface area contributed by atoms with Crippen molar-refractivity contribution in [3.63, 3.8) is 0 Å². The summed E-state index contributed by atoms with van der Waals surface area (Å²) < 4.78 is 0. The molecule has 1 unspecified atom stereocenters. The Morgan fingerprint density at radius 1 is 1.28 bits per heavy atom. The maximum Gasteiger partial charge on any atom is 0.189 e. The van der Waals surface area contributed by atoms with Crippen LogP contribution in [-0.2, 0) is 16.0 Å². The van der Waals surface area contributed by atoms with E-state index in [4.69, 9.17) is 0 Å². The second-order valence-electron chi connectivity index (χ2n) is 4.04. The number of aromatic nitrogens is 2. The summed E-state index contributed by atoms with van der Waals surface area (Å²) >= 11 is 7.49. The van der Waals surface area contributed by atoms with E-state index in [-0.39, 0.29) is 16.7 Å². The lowest BCUT2D eigenvalue weighted by Gasteiger charge is -2.08. The second kappa shape index (κ2) is 5.58. The number of carbonyl (C=O) groups excluding carboxylic acids is 2. The van der Waals surface area contributed by atoms with Gasteiger partial charge in [0.25, 0.3) is 0 Å². The normalized spacial score (nSPS) is 12.6. The summed E-state index contributed by atoms with van der Waals surface area (Å²) in [4.78, 5) is 29.8. The molecule has 1 heterocycles. The highest BCUT2D eigenvalue weighted by atomic mass is 32.1. The van der Waals surface area contributed by atoms with Crippen molar-refractivity contribution in [2.75, 3.05) is 0 Å². The zero-order valence-electron chi connectivity index (χ0n) is 9.46. The summed E-state index contributed by atoms with van der Waals surface area (Å²) in [6.07, 6.45) is 0.436. The Morgan fingerprint density at radius 3 is 2.61 bits per heavy atom. The van der Waals surface area contributed by atoms with E-state index in [0.29, 0.717) is 12.2 Å². The van der Waals surface area contributed by atoms with E-state index in [9.17, 15) is 9.59 Å². The van der Waals surface area contributed by atoms with Crippen LogP contribution < -0.4 is 0 Å². The van der Waals surface area contributed by atoms with Crippen molar-refractivity contribution in [2.24, 2.45) is 5.92 Å². The molecule has 1 atom stereocenters. The first-order chi connectivity index (χ1) is 8.56. The van der Waals surface area contributed by atoms with E-state index in [0.717, 1.165) is 11.0 Å². The number of imidazole rings is 1. The molecule has 0 aliphatic carbocycles. The fraction of sp³-hybridized carbons (Fsp3) is 0.250. The third-order valence-electron chi connectivity index (χ3n) is 2.65. The van der Waals surface area contributed by atoms with Crippen molar-refractivity contribution >= 4 is 46.5 Å². The fourth-order valence-electron chi connectivity index (χ4n) is 1.79. The van der Waals surface area contributed by atoms with Gasteiger partial charge in [0.15, 0.2) is 10.2 Å². The molecule has 0 saturated heterocycles. The van der Waals surface area contributed by atoms with E-state index in [1.54, 1.807) is 0 Å². The van der Waals surface area contributed by atoms with Crippen molar-refractivity contribution in [2.45, 2.75) is 12.8 Å². The molecule has 1 N–H and O–H groups in total. The topological polar surface area (TPSA) is 62.8 Å². The molecule has 18 heavy (non-hydrogen) atoms. The molecule has 0 saturated carbocycles. The molecule has 2 aromatic rings. The highest BCUT2D eigenvalue weighted by molar-refractivity contribution is 7.97. The zero-order valence-corrected chi connectivity index (χ0v) is 11.2. The molecular formula is C12H12N2O2S2. The minimum atomic E-state index is -0.487. The third-order valence-corrected chi connectivity index (χ3v) is 3.20. The van der Waals surface area contributed by atoms with Crippen LogP contribution in [0.25, 0.3) is 11.0 Å². The van der Waals surface area contributed by atoms with E-state index in [1.807, 2.05) is 24.3 Å². The molecule has 1 aromatic carbocycles. The van der Waals surface area contributed by atoms with Gasteiger partial charge in [0.2, 0.25) is 0 Å². The number of hydrogen-bond acceptors (Lipinski definition) is 3. The molecule has 1 aromatic heterocycles. The van der Waals surface area contributed by atoms with Crippen LogP contribution in [0.4, 0.5) is 0 Å². The van der Waals surface area contributed by atoms with Gasteiger partial charge in [-0.25, -0.2) is 4.98 Å². The Labute approximate surface area is 115 Å². The number of nitrogens with one attached hydrogen (secondary N) is 1. The van der Waals surface area contributed by atoms with Gasteiger partial charge in [-0.1, -0.05) is 12.1 Å². The molecule has 0 aliphatic rings. The van der Waals surface area contributed by atoms with Crippen molar-refractivity contribution in [3.8, 4) is 0 Å². The van der Waals surface area contributed by atoms with Gasteiger partial charge in [-0.3, -0.25) is 9.59 Å². The van der Waals surface area contributed by atoms with E-state index in [1.165, 1.54) is 0 Å². The molecular weight excluding hydrogens is 268 g/mol. The Kier molecular flexibility index (Phi) is 4.08. The van der Waals surface area contributed by atoms with E-state index >= 15 is 0 Å². The average Bonchev–Trinajstić information content (AvgIpc) is 2.69. The SMILES string of the molecule is O=C(S)CC(Cc1nc2ccccc2[nH]1)C(=O)S. The molecule has 0 aliphatic heterocycles. The number of benzene rings is 1. The summed E-state index contributed by atoms with van der Waals surface area (Å²) in [5.41, 5.74) is 1.75. The number of thiol groups is 2. The molecule has 0 fully saturated rings. The lowest BCUT2D eigenvalue weighted by Crippen LogP contribution is -2.15. The number of para-hydroxylation sites is 2. The smallest absolute Gasteiger partial charge is 0.189 e. The molecule has 0 radical (unpaired) electrons. The van der Waals surface area contributed by atoms with Crippen molar-refractivity contribution in [3.05, 3.63) is 30.1 Å². The Balaban J connectivity index is 2.20. The number of rotatable bonds is 5. The van der Waals surface area contributed by atoms with Gasteiger partial charge in [-0.05, 0) is 12.1 Å². The van der Waals surface area contributed by atoms with Crippen LogP contribution in [0.15, 0.2) is 24.3 Å². The van der Waals surface area contributed by atoms with Crippen molar-refractivity contribution in [1.82, 2.24) is 9.97 Å². The molecule has 0 bridgehead atoms. The first-order valence-electron chi connectivity index (χ1n) is 5.44. The largest absolute Gasteiger partial charge is 0.342 e. The Morgan fingerprint density at radius 2 is 2.00 bits per heavy atom. The first-order valence-corrected chi connectivity index (χ1v) is 6.34. The highest BCUT2D eigenvalue weighted by Crippen LogP contribution is 2.17. The van der Waals surface area contributed by atoms with Crippen molar-refractivity contribution in [1.29, 1.82) is 0 Å². The van der Waals surface area contributed by atoms with Crippen LogP contribution in [0.2, 0.25) is 0 Å². The van der Waals surface area contributed by atoms with Crippen LogP contribution >= 0.6 is 25.3 Å². The number of carbonyl (C=O) groups is 2. The van der Waals surface area contributed by atoms with Crippen molar-refractivity contribution < 1.29 is 9.59 Å². The number of aromatic amines is 1. The van der Waals surface area contributed by atoms with Crippen LogP contribution in [0.5, 0.6) is 0 Å². The summed E-state index contributed by atoms with van der Waals surface area (Å²) in [7, 11) is 0. The van der Waals surface area contributed by atoms with Gasteiger partial charge < -0.3 is 4.98 Å². The van der Waals surface area contributed by atoms with Gasteiger partial charge in [0, 0.05) is 18.8 Å². The maximum absolute atomic E-state index is 11.3. The Bertz CT molecular complexity index is 562. The molecule has 4 nitrogen and oxygen atoms in total. The van der Waals surface area contributed by atoms with Gasteiger partial charge >= 0.3 is 0 Å². The van der Waals surface area contributed by atoms with Crippen LogP contribution in [0.3, 0.4) is 0 Å². The summed E-state index contributed by atoms with van der Waals surface area (Å²) in [5.74, 6) is 0.192. The standard InChI is InChI=1S/C12H12N2O2S2/c15-11(17)6-7(12(16)18)5-10-13-8-3-1-2-4-9(8)14-10/h1-4,7H,5-6H2,(H,13,14)(H,15,17)(H,16,18). The average molecular weight is 280 g/mol. The van der Waals surface area contributed by atoms with Gasteiger partial charge in [0.1, 0.15) is 5.82 Å². The number of H-pyrrole nitrogens is 1. The zero-order chi connectivity index (χ0) is 13.1. The summed E-state index contributed by atoms with van der Waals surface area (Å²) in [6.45, 7) is 0. The molecule has 94 valence electrons.